The third kappa shape index (κ3) is 5.62. The van der Waals surface area contributed by atoms with Crippen molar-refractivity contribution in [3.63, 3.8) is 0 Å². The van der Waals surface area contributed by atoms with Crippen molar-refractivity contribution < 1.29 is 0 Å². The van der Waals surface area contributed by atoms with E-state index in [0.29, 0.717) is 0 Å². The van der Waals surface area contributed by atoms with Gasteiger partial charge in [0.25, 0.3) is 0 Å². The van der Waals surface area contributed by atoms with E-state index in [-0.39, 0.29) is 0 Å². The lowest BCUT2D eigenvalue weighted by Gasteiger charge is -2.06. The van der Waals surface area contributed by atoms with Crippen LogP contribution in [0.25, 0.3) is 0 Å². The zero-order valence-corrected chi connectivity index (χ0v) is 11.0. The number of nitrogen functional groups attached to an aromatic ring is 2. The van der Waals surface area contributed by atoms with Crippen molar-refractivity contribution in [2.45, 2.75) is 58.3 Å². The summed E-state index contributed by atoms with van der Waals surface area (Å²) in [5, 5.41) is 0. The van der Waals surface area contributed by atoms with E-state index in [0.717, 1.165) is 17.8 Å². The molecule has 0 saturated heterocycles. The first-order valence-electron chi connectivity index (χ1n) is 6.88. The van der Waals surface area contributed by atoms with Crippen LogP contribution in [-0.2, 0) is 6.42 Å². The van der Waals surface area contributed by atoms with Gasteiger partial charge in [-0.1, -0.05) is 45.4 Å². The Kier molecular flexibility index (Phi) is 6.53. The van der Waals surface area contributed by atoms with Crippen LogP contribution in [0.4, 0.5) is 11.4 Å². The minimum Gasteiger partial charge on any atom is -0.399 e. The number of anilines is 2. The maximum atomic E-state index is 5.91. The van der Waals surface area contributed by atoms with Gasteiger partial charge in [-0.05, 0) is 36.6 Å². The topological polar surface area (TPSA) is 52.0 Å². The van der Waals surface area contributed by atoms with Crippen molar-refractivity contribution in [3.05, 3.63) is 23.8 Å². The lowest BCUT2D eigenvalue weighted by atomic mass is 10.0. The summed E-state index contributed by atoms with van der Waals surface area (Å²) >= 11 is 0. The fraction of sp³-hybridized carbons (Fsp3) is 0.600. The zero-order chi connectivity index (χ0) is 12.5. The SMILES string of the molecule is CCCCCCCCCc1cc(N)ccc1N. The molecule has 2 heteroatoms. The van der Waals surface area contributed by atoms with Crippen molar-refractivity contribution in [2.75, 3.05) is 11.5 Å². The first kappa shape index (κ1) is 13.9. The van der Waals surface area contributed by atoms with E-state index < -0.39 is 0 Å². The Morgan fingerprint density at radius 1 is 0.882 bits per heavy atom. The van der Waals surface area contributed by atoms with E-state index >= 15 is 0 Å². The summed E-state index contributed by atoms with van der Waals surface area (Å²) in [5.41, 5.74) is 14.6. The molecule has 0 atom stereocenters. The van der Waals surface area contributed by atoms with Gasteiger partial charge in [-0.2, -0.15) is 0 Å². The van der Waals surface area contributed by atoms with Crippen LogP contribution in [0.15, 0.2) is 18.2 Å². The molecule has 0 bridgehead atoms. The second-order valence-electron chi connectivity index (χ2n) is 4.83. The van der Waals surface area contributed by atoms with Gasteiger partial charge in [0, 0.05) is 11.4 Å². The molecule has 0 aliphatic carbocycles. The van der Waals surface area contributed by atoms with Crippen molar-refractivity contribution in [1.29, 1.82) is 0 Å². The normalized spacial score (nSPS) is 10.6. The molecular formula is C15H26N2. The van der Waals surface area contributed by atoms with E-state index in [4.69, 9.17) is 11.5 Å². The summed E-state index contributed by atoms with van der Waals surface area (Å²) in [6.45, 7) is 2.25. The predicted molar refractivity (Wildman–Crippen MR) is 77.0 cm³/mol. The Morgan fingerprint density at radius 2 is 1.53 bits per heavy atom. The summed E-state index contributed by atoms with van der Waals surface area (Å²) in [6.07, 6.45) is 10.4. The van der Waals surface area contributed by atoms with Crippen LogP contribution in [0.3, 0.4) is 0 Å². The second kappa shape index (κ2) is 7.99. The summed E-state index contributed by atoms with van der Waals surface area (Å²) in [4.78, 5) is 0. The molecule has 0 radical (unpaired) electrons. The smallest absolute Gasteiger partial charge is 0.0348 e. The Hall–Kier alpha value is -1.18. The molecule has 17 heavy (non-hydrogen) atoms. The van der Waals surface area contributed by atoms with E-state index in [1.807, 2.05) is 18.2 Å². The summed E-state index contributed by atoms with van der Waals surface area (Å²) in [5.74, 6) is 0. The zero-order valence-electron chi connectivity index (χ0n) is 11.0. The highest BCUT2D eigenvalue weighted by Crippen LogP contribution is 2.18. The maximum Gasteiger partial charge on any atom is 0.0348 e. The Morgan fingerprint density at radius 3 is 2.24 bits per heavy atom. The van der Waals surface area contributed by atoms with Crippen LogP contribution in [-0.4, -0.2) is 0 Å². The second-order valence-corrected chi connectivity index (χ2v) is 4.83. The number of rotatable bonds is 8. The molecule has 0 spiro atoms. The molecule has 96 valence electrons. The van der Waals surface area contributed by atoms with E-state index in [1.54, 1.807) is 0 Å². The van der Waals surface area contributed by atoms with Crippen LogP contribution in [0, 0.1) is 0 Å². The molecular weight excluding hydrogens is 208 g/mol. The van der Waals surface area contributed by atoms with Gasteiger partial charge in [-0.3, -0.25) is 0 Å². The Bertz CT molecular complexity index is 321. The lowest BCUT2D eigenvalue weighted by molar-refractivity contribution is 0.589. The van der Waals surface area contributed by atoms with Gasteiger partial charge in [-0.25, -0.2) is 0 Å². The van der Waals surface area contributed by atoms with Gasteiger partial charge in [-0.15, -0.1) is 0 Å². The third-order valence-corrected chi connectivity index (χ3v) is 3.22. The average molecular weight is 234 g/mol. The standard InChI is InChI=1S/C15H26N2/c1-2-3-4-5-6-7-8-9-13-12-14(16)10-11-15(13)17/h10-12H,2-9,16-17H2,1H3. The van der Waals surface area contributed by atoms with Crippen LogP contribution < -0.4 is 11.5 Å². The summed E-state index contributed by atoms with van der Waals surface area (Å²) in [7, 11) is 0. The fourth-order valence-corrected chi connectivity index (χ4v) is 2.11. The van der Waals surface area contributed by atoms with Crippen molar-refractivity contribution in [3.8, 4) is 0 Å². The quantitative estimate of drug-likeness (QED) is 0.524. The van der Waals surface area contributed by atoms with Gasteiger partial charge < -0.3 is 11.5 Å². The van der Waals surface area contributed by atoms with Crippen LogP contribution in [0.1, 0.15) is 57.4 Å². The third-order valence-electron chi connectivity index (χ3n) is 3.22. The predicted octanol–water partition coefficient (Wildman–Crippen LogP) is 4.14. The molecule has 0 saturated carbocycles. The molecule has 1 aromatic rings. The molecule has 0 aliphatic heterocycles. The maximum absolute atomic E-state index is 5.91. The van der Waals surface area contributed by atoms with Gasteiger partial charge in [0.1, 0.15) is 0 Å². The lowest BCUT2D eigenvalue weighted by Crippen LogP contribution is -1.96. The van der Waals surface area contributed by atoms with E-state index in [1.165, 1.54) is 50.5 Å². The molecule has 1 rings (SSSR count). The fourth-order valence-electron chi connectivity index (χ4n) is 2.11. The highest BCUT2D eigenvalue weighted by Gasteiger charge is 1.99. The largest absolute Gasteiger partial charge is 0.399 e. The molecule has 4 N–H and O–H groups in total. The van der Waals surface area contributed by atoms with Crippen molar-refractivity contribution >= 4 is 11.4 Å². The van der Waals surface area contributed by atoms with Crippen molar-refractivity contribution in [1.82, 2.24) is 0 Å². The molecule has 1 aromatic carbocycles. The Labute approximate surface area is 105 Å². The van der Waals surface area contributed by atoms with Gasteiger partial charge in [0.2, 0.25) is 0 Å². The van der Waals surface area contributed by atoms with Crippen molar-refractivity contribution in [2.24, 2.45) is 0 Å². The molecule has 0 aliphatic rings. The van der Waals surface area contributed by atoms with E-state index in [9.17, 15) is 0 Å². The van der Waals surface area contributed by atoms with Crippen LogP contribution in [0.5, 0.6) is 0 Å². The molecule has 0 fully saturated rings. The number of hydrogen-bond donors (Lipinski definition) is 2. The highest BCUT2D eigenvalue weighted by molar-refractivity contribution is 5.55. The van der Waals surface area contributed by atoms with Crippen LogP contribution >= 0.6 is 0 Å². The Balaban J connectivity index is 2.15. The molecule has 0 aromatic heterocycles. The van der Waals surface area contributed by atoms with Crippen LogP contribution in [0.2, 0.25) is 0 Å². The number of unbranched alkanes of at least 4 members (excludes halogenated alkanes) is 6. The van der Waals surface area contributed by atoms with E-state index in [2.05, 4.69) is 6.92 Å². The summed E-state index contributed by atoms with van der Waals surface area (Å²) in [6, 6.07) is 5.78. The minimum atomic E-state index is 0.817. The van der Waals surface area contributed by atoms with Gasteiger partial charge in [0.05, 0.1) is 0 Å². The highest BCUT2D eigenvalue weighted by atomic mass is 14.6. The molecule has 2 nitrogen and oxygen atoms in total. The monoisotopic (exact) mass is 234 g/mol. The minimum absolute atomic E-state index is 0.817. The molecule has 0 amide bonds. The molecule has 0 unspecified atom stereocenters. The van der Waals surface area contributed by atoms with Gasteiger partial charge in [0.15, 0.2) is 0 Å². The first-order chi connectivity index (χ1) is 8.24. The first-order valence-corrected chi connectivity index (χ1v) is 6.88. The number of hydrogen-bond acceptors (Lipinski definition) is 2. The summed E-state index contributed by atoms with van der Waals surface area (Å²) < 4.78 is 0. The molecule has 0 heterocycles. The average Bonchev–Trinajstić information content (AvgIpc) is 2.32. The number of nitrogens with two attached hydrogens (primary N) is 2. The number of aryl methyl sites for hydroxylation is 1. The number of benzene rings is 1. The van der Waals surface area contributed by atoms with Gasteiger partial charge >= 0.3 is 0 Å².